The summed E-state index contributed by atoms with van der Waals surface area (Å²) in [7, 11) is 0. The van der Waals surface area contributed by atoms with E-state index in [9.17, 15) is 4.79 Å². The molecule has 4 aromatic rings. The molecule has 4 nitrogen and oxygen atoms in total. The minimum Gasteiger partial charge on any atom is -0.314 e. The Morgan fingerprint density at radius 1 is 0.900 bits per heavy atom. The molecule has 0 aliphatic heterocycles. The number of hydrazone groups is 1. The van der Waals surface area contributed by atoms with Crippen molar-refractivity contribution in [2.24, 2.45) is 5.10 Å². The van der Waals surface area contributed by atoms with Gasteiger partial charge in [0, 0.05) is 21.4 Å². The van der Waals surface area contributed by atoms with Crippen LogP contribution in [0, 0.1) is 6.92 Å². The molecule has 0 aliphatic carbocycles. The highest BCUT2D eigenvalue weighted by atomic mass is 79.9. The Morgan fingerprint density at radius 3 is 2.30 bits per heavy atom. The van der Waals surface area contributed by atoms with Crippen molar-refractivity contribution in [1.82, 2.24) is 9.99 Å². The number of rotatable bonds is 5. The zero-order valence-corrected chi connectivity index (χ0v) is 18.0. The lowest BCUT2D eigenvalue weighted by molar-refractivity contribution is 0.0955. The van der Waals surface area contributed by atoms with Gasteiger partial charge in [-0.05, 0) is 66.6 Å². The Morgan fingerprint density at radius 2 is 1.60 bits per heavy atom. The molecule has 1 aromatic heterocycles. The first-order chi connectivity index (χ1) is 14.6. The van der Waals surface area contributed by atoms with Gasteiger partial charge in [-0.2, -0.15) is 5.10 Å². The number of amides is 1. The molecule has 0 atom stereocenters. The van der Waals surface area contributed by atoms with E-state index in [1.165, 1.54) is 0 Å². The first kappa shape index (κ1) is 19.9. The SMILES string of the molecule is Cc1ccc(-c2ccccc2)n1-c1ccc(C(=O)N/N=C/c2ccc(Br)cc2)cc1. The molecule has 1 heterocycles. The Balaban J connectivity index is 1.50. The molecule has 0 bridgehead atoms. The van der Waals surface area contributed by atoms with Crippen molar-refractivity contribution in [3.05, 3.63) is 112 Å². The highest BCUT2D eigenvalue weighted by Gasteiger charge is 2.10. The van der Waals surface area contributed by atoms with Gasteiger partial charge in [-0.15, -0.1) is 0 Å². The summed E-state index contributed by atoms with van der Waals surface area (Å²) in [5.41, 5.74) is 8.44. The van der Waals surface area contributed by atoms with E-state index >= 15 is 0 Å². The van der Waals surface area contributed by atoms with E-state index in [1.807, 2.05) is 66.7 Å². The molecule has 1 N–H and O–H groups in total. The lowest BCUT2D eigenvalue weighted by Crippen LogP contribution is -2.17. The predicted octanol–water partition coefficient (Wildman–Crippen LogP) is 5.98. The number of carbonyl (C=O) groups is 1. The van der Waals surface area contributed by atoms with Crippen LogP contribution in [-0.2, 0) is 0 Å². The number of hydrogen-bond donors (Lipinski definition) is 1. The van der Waals surface area contributed by atoms with Crippen LogP contribution in [0.3, 0.4) is 0 Å². The van der Waals surface area contributed by atoms with Crippen molar-refractivity contribution in [3.63, 3.8) is 0 Å². The second kappa shape index (κ2) is 8.93. The van der Waals surface area contributed by atoms with Crippen LogP contribution >= 0.6 is 15.9 Å². The van der Waals surface area contributed by atoms with Gasteiger partial charge in [0.25, 0.3) is 5.91 Å². The van der Waals surface area contributed by atoms with Crippen molar-refractivity contribution in [2.45, 2.75) is 6.92 Å². The van der Waals surface area contributed by atoms with E-state index < -0.39 is 0 Å². The zero-order chi connectivity index (χ0) is 20.9. The van der Waals surface area contributed by atoms with Gasteiger partial charge in [-0.1, -0.05) is 58.4 Å². The van der Waals surface area contributed by atoms with Crippen molar-refractivity contribution in [1.29, 1.82) is 0 Å². The number of nitrogens with zero attached hydrogens (tertiary/aromatic N) is 2. The average molecular weight is 458 g/mol. The molecular weight excluding hydrogens is 438 g/mol. The maximum atomic E-state index is 12.4. The topological polar surface area (TPSA) is 46.4 Å². The van der Waals surface area contributed by atoms with Crippen LogP contribution in [0.4, 0.5) is 0 Å². The van der Waals surface area contributed by atoms with Crippen LogP contribution in [0.2, 0.25) is 0 Å². The lowest BCUT2D eigenvalue weighted by Gasteiger charge is -2.12. The Kier molecular flexibility index (Phi) is 5.91. The molecule has 0 fully saturated rings. The molecule has 0 unspecified atom stereocenters. The van der Waals surface area contributed by atoms with Gasteiger partial charge in [-0.3, -0.25) is 4.79 Å². The van der Waals surface area contributed by atoms with Crippen LogP contribution in [0.15, 0.2) is 101 Å². The molecular formula is C25H20BrN3O. The summed E-state index contributed by atoms with van der Waals surface area (Å²) in [4.78, 5) is 12.4. The van der Waals surface area contributed by atoms with Gasteiger partial charge >= 0.3 is 0 Å². The van der Waals surface area contributed by atoms with Gasteiger partial charge in [0.15, 0.2) is 0 Å². The van der Waals surface area contributed by atoms with Crippen molar-refractivity contribution < 1.29 is 4.79 Å². The Labute approximate surface area is 184 Å². The fourth-order valence-corrected chi connectivity index (χ4v) is 3.52. The van der Waals surface area contributed by atoms with Crippen LogP contribution in [0.25, 0.3) is 16.9 Å². The van der Waals surface area contributed by atoms with Crippen LogP contribution < -0.4 is 5.43 Å². The lowest BCUT2D eigenvalue weighted by atomic mass is 10.1. The average Bonchev–Trinajstić information content (AvgIpc) is 3.17. The molecule has 3 aromatic carbocycles. The maximum Gasteiger partial charge on any atom is 0.271 e. The molecule has 0 aliphatic rings. The van der Waals surface area contributed by atoms with Crippen LogP contribution in [0.1, 0.15) is 21.6 Å². The number of aromatic nitrogens is 1. The number of nitrogens with one attached hydrogen (secondary N) is 1. The molecule has 0 saturated carbocycles. The third-order valence-corrected chi connectivity index (χ3v) is 5.31. The predicted molar refractivity (Wildman–Crippen MR) is 125 cm³/mol. The van der Waals surface area contributed by atoms with E-state index in [0.717, 1.165) is 32.7 Å². The summed E-state index contributed by atoms with van der Waals surface area (Å²) < 4.78 is 3.18. The molecule has 0 spiro atoms. The number of aryl methyl sites for hydroxylation is 1. The van der Waals surface area contributed by atoms with E-state index in [2.05, 4.69) is 62.2 Å². The summed E-state index contributed by atoms with van der Waals surface area (Å²) in [6.07, 6.45) is 1.62. The monoisotopic (exact) mass is 457 g/mol. The molecule has 1 amide bonds. The third kappa shape index (κ3) is 4.42. The van der Waals surface area contributed by atoms with Crippen LogP contribution in [0.5, 0.6) is 0 Å². The summed E-state index contributed by atoms with van der Waals surface area (Å²) in [5.74, 6) is -0.248. The van der Waals surface area contributed by atoms with Crippen molar-refractivity contribution in [3.8, 4) is 16.9 Å². The minimum absolute atomic E-state index is 0.248. The minimum atomic E-state index is -0.248. The molecule has 0 saturated heterocycles. The number of carbonyl (C=O) groups excluding carboxylic acids is 1. The third-order valence-electron chi connectivity index (χ3n) is 4.78. The molecule has 5 heteroatoms. The first-order valence-corrected chi connectivity index (χ1v) is 10.3. The second-order valence-electron chi connectivity index (χ2n) is 6.86. The summed E-state index contributed by atoms with van der Waals surface area (Å²) in [5, 5.41) is 4.04. The fraction of sp³-hybridized carbons (Fsp3) is 0.0400. The van der Waals surface area contributed by atoms with Crippen LogP contribution in [-0.4, -0.2) is 16.7 Å². The summed E-state index contributed by atoms with van der Waals surface area (Å²) >= 11 is 3.39. The van der Waals surface area contributed by atoms with E-state index in [4.69, 9.17) is 0 Å². The highest BCUT2D eigenvalue weighted by molar-refractivity contribution is 9.10. The smallest absolute Gasteiger partial charge is 0.271 e. The standard InChI is InChI=1S/C25H20BrN3O/c1-18-7-16-24(20-5-3-2-4-6-20)29(18)23-14-10-21(11-15-23)25(30)28-27-17-19-8-12-22(26)13-9-19/h2-17H,1H3,(H,28,30)/b27-17+. The zero-order valence-electron chi connectivity index (χ0n) is 16.4. The molecule has 0 radical (unpaired) electrons. The quantitative estimate of drug-likeness (QED) is 0.290. The van der Waals surface area contributed by atoms with E-state index in [-0.39, 0.29) is 5.91 Å². The van der Waals surface area contributed by atoms with Gasteiger partial charge < -0.3 is 4.57 Å². The summed E-state index contributed by atoms with van der Waals surface area (Å²) in [6, 6.07) is 29.7. The van der Waals surface area contributed by atoms with Gasteiger partial charge in [0.05, 0.1) is 11.9 Å². The fourth-order valence-electron chi connectivity index (χ4n) is 3.26. The van der Waals surface area contributed by atoms with E-state index in [1.54, 1.807) is 6.21 Å². The highest BCUT2D eigenvalue weighted by Crippen LogP contribution is 2.26. The molecule has 30 heavy (non-hydrogen) atoms. The summed E-state index contributed by atoms with van der Waals surface area (Å²) in [6.45, 7) is 2.07. The first-order valence-electron chi connectivity index (χ1n) is 9.55. The molecule has 148 valence electrons. The number of halogens is 1. The normalized spacial score (nSPS) is 11.0. The Hall–Kier alpha value is -3.44. The van der Waals surface area contributed by atoms with Crippen molar-refractivity contribution in [2.75, 3.05) is 0 Å². The van der Waals surface area contributed by atoms with Gasteiger partial charge in [0.2, 0.25) is 0 Å². The number of hydrogen-bond acceptors (Lipinski definition) is 2. The largest absolute Gasteiger partial charge is 0.314 e. The van der Waals surface area contributed by atoms with Gasteiger partial charge in [-0.25, -0.2) is 5.43 Å². The van der Waals surface area contributed by atoms with Gasteiger partial charge in [0.1, 0.15) is 0 Å². The maximum absolute atomic E-state index is 12.4. The Bertz CT molecular complexity index is 1180. The second-order valence-corrected chi connectivity index (χ2v) is 7.77. The molecule has 4 rings (SSSR count). The number of benzene rings is 3. The van der Waals surface area contributed by atoms with E-state index in [0.29, 0.717) is 5.56 Å². The van der Waals surface area contributed by atoms with Crippen molar-refractivity contribution >= 4 is 28.1 Å².